The molecule has 0 aromatic heterocycles. The predicted octanol–water partition coefficient (Wildman–Crippen LogP) is 2.25. The van der Waals surface area contributed by atoms with E-state index in [1.54, 1.807) is 5.56 Å². The van der Waals surface area contributed by atoms with E-state index in [2.05, 4.69) is 53.9 Å². The second-order valence-electron chi connectivity index (χ2n) is 6.88. The maximum absolute atomic E-state index is 2.61. The fourth-order valence-electron chi connectivity index (χ4n) is 3.57. The van der Waals surface area contributed by atoms with Crippen LogP contribution in [0.3, 0.4) is 0 Å². The van der Waals surface area contributed by atoms with Gasteiger partial charge in [-0.1, -0.05) is 12.1 Å². The van der Waals surface area contributed by atoms with Gasteiger partial charge in [-0.15, -0.1) is 0 Å². The lowest BCUT2D eigenvalue weighted by Crippen LogP contribution is -2.44. The lowest BCUT2D eigenvalue weighted by atomic mass is 10.0. The Morgan fingerprint density at radius 2 is 1.86 bits per heavy atom. The van der Waals surface area contributed by atoms with Crippen molar-refractivity contribution in [3.63, 3.8) is 0 Å². The zero-order valence-corrected chi connectivity index (χ0v) is 13.8. The highest BCUT2D eigenvalue weighted by Gasteiger charge is 2.22. The Morgan fingerprint density at radius 3 is 2.62 bits per heavy atom. The molecule has 3 nitrogen and oxygen atoms in total. The summed E-state index contributed by atoms with van der Waals surface area (Å²) in [6.45, 7) is 8.49. The third kappa shape index (κ3) is 3.41. The summed E-state index contributed by atoms with van der Waals surface area (Å²) in [4.78, 5) is 7.45. The number of rotatable bonds is 4. The van der Waals surface area contributed by atoms with E-state index < -0.39 is 0 Å². The fourth-order valence-corrected chi connectivity index (χ4v) is 3.57. The Hall–Kier alpha value is -1.06. The zero-order valence-electron chi connectivity index (χ0n) is 13.8. The van der Waals surface area contributed by atoms with Crippen LogP contribution in [0.2, 0.25) is 0 Å². The van der Waals surface area contributed by atoms with Gasteiger partial charge in [-0.25, -0.2) is 0 Å². The first-order chi connectivity index (χ1) is 10.1. The largest absolute Gasteiger partial charge is 0.371 e. The highest BCUT2D eigenvalue weighted by atomic mass is 15.2. The van der Waals surface area contributed by atoms with Crippen molar-refractivity contribution in [1.82, 2.24) is 9.80 Å². The summed E-state index contributed by atoms with van der Waals surface area (Å²) < 4.78 is 0. The minimum Gasteiger partial charge on any atom is -0.371 e. The molecular weight excluding hydrogens is 258 g/mol. The zero-order chi connectivity index (χ0) is 14.8. The molecule has 1 atom stereocenters. The van der Waals surface area contributed by atoms with Crippen LogP contribution < -0.4 is 4.90 Å². The molecule has 1 fully saturated rings. The van der Waals surface area contributed by atoms with Gasteiger partial charge >= 0.3 is 0 Å². The Bertz CT molecular complexity index is 477. The van der Waals surface area contributed by atoms with Gasteiger partial charge in [0.05, 0.1) is 0 Å². The molecule has 116 valence electrons. The highest BCUT2D eigenvalue weighted by molar-refractivity contribution is 5.59. The normalized spacial score (nSPS) is 23.6. The summed E-state index contributed by atoms with van der Waals surface area (Å²) in [6, 6.07) is 7.75. The number of hydrogen-bond acceptors (Lipinski definition) is 3. The topological polar surface area (TPSA) is 9.72 Å². The standard InChI is InChI=1S/C18H29N3/c1-15-13-17-14-16(6-7-18(17)20(15)3)5-4-8-21-11-9-19(2)10-12-21/h6-7,14-15H,4-5,8-13H2,1-3H3. The van der Waals surface area contributed by atoms with Crippen molar-refractivity contribution in [2.75, 3.05) is 51.7 Å². The molecule has 0 spiro atoms. The SMILES string of the molecule is CC1Cc2cc(CCCN3CCN(C)CC3)ccc2N1C. The van der Waals surface area contributed by atoms with Crippen LogP contribution in [0.4, 0.5) is 5.69 Å². The van der Waals surface area contributed by atoms with Gasteiger partial charge in [-0.2, -0.15) is 0 Å². The summed E-state index contributed by atoms with van der Waals surface area (Å²) in [6.07, 6.45) is 3.71. The molecule has 0 bridgehead atoms. The van der Waals surface area contributed by atoms with Gasteiger partial charge in [0.2, 0.25) is 0 Å². The number of fused-ring (bicyclic) bond motifs is 1. The van der Waals surface area contributed by atoms with E-state index in [1.807, 2.05) is 0 Å². The molecular formula is C18H29N3. The van der Waals surface area contributed by atoms with E-state index >= 15 is 0 Å². The van der Waals surface area contributed by atoms with Gasteiger partial charge in [0, 0.05) is 45.0 Å². The summed E-state index contributed by atoms with van der Waals surface area (Å²) in [5.74, 6) is 0. The van der Waals surface area contributed by atoms with Gasteiger partial charge in [0.1, 0.15) is 0 Å². The number of hydrogen-bond donors (Lipinski definition) is 0. The van der Waals surface area contributed by atoms with E-state index in [0.29, 0.717) is 6.04 Å². The van der Waals surface area contributed by atoms with Crippen molar-refractivity contribution in [2.45, 2.75) is 32.2 Å². The van der Waals surface area contributed by atoms with Crippen molar-refractivity contribution >= 4 is 5.69 Å². The van der Waals surface area contributed by atoms with E-state index in [0.717, 1.165) is 0 Å². The molecule has 1 saturated heterocycles. The molecule has 1 aromatic rings. The Labute approximate surface area is 129 Å². The number of aryl methyl sites for hydroxylation is 1. The van der Waals surface area contributed by atoms with Gasteiger partial charge in [-0.05, 0) is 57.0 Å². The van der Waals surface area contributed by atoms with Gasteiger partial charge in [0.25, 0.3) is 0 Å². The lowest BCUT2D eigenvalue weighted by Gasteiger charge is -2.32. The molecule has 3 heteroatoms. The predicted molar refractivity (Wildman–Crippen MR) is 90.3 cm³/mol. The average molecular weight is 287 g/mol. The average Bonchev–Trinajstić information content (AvgIpc) is 2.76. The smallest absolute Gasteiger partial charge is 0.0399 e. The van der Waals surface area contributed by atoms with Crippen molar-refractivity contribution < 1.29 is 0 Å². The summed E-state index contributed by atoms with van der Waals surface area (Å²) in [5, 5.41) is 0. The van der Waals surface area contributed by atoms with Crippen molar-refractivity contribution in [3.05, 3.63) is 29.3 Å². The quantitative estimate of drug-likeness (QED) is 0.841. The van der Waals surface area contributed by atoms with Crippen LogP contribution in [0.25, 0.3) is 0 Å². The van der Waals surface area contributed by atoms with Crippen molar-refractivity contribution in [1.29, 1.82) is 0 Å². The molecule has 2 aliphatic heterocycles. The molecule has 2 heterocycles. The molecule has 0 radical (unpaired) electrons. The van der Waals surface area contributed by atoms with Crippen molar-refractivity contribution in [2.24, 2.45) is 0 Å². The highest BCUT2D eigenvalue weighted by Crippen LogP contribution is 2.31. The van der Waals surface area contributed by atoms with Gasteiger partial charge < -0.3 is 14.7 Å². The fraction of sp³-hybridized carbons (Fsp3) is 0.667. The molecule has 0 saturated carbocycles. The molecule has 0 N–H and O–H groups in total. The first-order valence-corrected chi connectivity index (χ1v) is 8.39. The molecule has 0 aliphatic carbocycles. The number of anilines is 1. The second-order valence-corrected chi connectivity index (χ2v) is 6.88. The lowest BCUT2D eigenvalue weighted by molar-refractivity contribution is 0.153. The molecule has 0 amide bonds. The molecule has 21 heavy (non-hydrogen) atoms. The third-order valence-electron chi connectivity index (χ3n) is 5.24. The summed E-state index contributed by atoms with van der Waals surface area (Å²) in [7, 11) is 4.43. The molecule has 1 aromatic carbocycles. The van der Waals surface area contributed by atoms with Crippen LogP contribution >= 0.6 is 0 Å². The first-order valence-electron chi connectivity index (χ1n) is 8.39. The van der Waals surface area contributed by atoms with Crippen LogP contribution in [-0.2, 0) is 12.8 Å². The monoisotopic (exact) mass is 287 g/mol. The first kappa shape index (κ1) is 14.9. The van der Waals surface area contributed by atoms with E-state index in [1.165, 1.54) is 63.2 Å². The second kappa shape index (κ2) is 6.37. The summed E-state index contributed by atoms with van der Waals surface area (Å²) >= 11 is 0. The van der Waals surface area contributed by atoms with Crippen LogP contribution in [0.15, 0.2) is 18.2 Å². The molecule has 1 unspecified atom stereocenters. The van der Waals surface area contributed by atoms with Gasteiger partial charge in [0.15, 0.2) is 0 Å². The van der Waals surface area contributed by atoms with Crippen LogP contribution in [0.1, 0.15) is 24.5 Å². The molecule has 3 rings (SSSR count). The Balaban J connectivity index is 1.49. The minimum atomic E-state index is 0.653. The van der Waals surface area contributed by atoms with Crippen molar-refractivity contribution in [3.8, 4) is 0 Å². The maximum atomic E-state index is 2.61. The number of likely N-dealkylation sites (N-methyl/N-ethyl adjacent to an activating group) is 2. The number of piperazine rings is 1. The van der Waals surface area contributed by atoms with Crippen LogP contribution in [0, 0.1) is 0 Å². The number of nitrogens with zero attached hydrogens (tertiary/aromatic N) is 3. The minimum absolute atomic E-state index is 0.653. The molecule has 2 aliphatic rings. The Morgan fingerprint density at radius 1 is 1.10 bits per heavy atom. The Kier molecular flexibility index (Phi) is 4.51. The van der Waals surface area contributed by atoms with E-state index in [4.69, 9.17) is 0 Å². The van der Waals surface area contributed by atoms with Gasteiger partial charge in [-0.3, -0.25) is 0 Å². The van der Waals surface area contributed by atoms with Crippen LogP contribution in [-0.4, -0.2) is 62.7 Å². The van der Waals surface area contributed by atoms with Crippen LogP contribution in [0.5, 0.6) is 0 Å². The third-order valence-corrected chi connectivity index (χ3v) is 5.24. The number of benzene rings is 1. The summed E-state index contributed by atoms with van der Waals surface area (Å²) in [5.41, 5.74) is 4.50. The maximum Gasteiger partial charge on any atom is 0.0399 e. The van der Waals surface area contributed by atoms with E-state index in [9.17, 15) is 0 Å². The van der Waals surface area contributed by atoms with E-state index in [-0.39, 0.29) is 0 Å².